The highest BCUT2D eigenvalue weighted by molar-refractivity contribution is 9.10. The van der Waals surface area contributed by atoms with Crippen LogP contribution in [0.25, 0.3) is 22.2 Å². The number of aromatic amines is 1. The Morgan fingerprint density at radius 1 is 1.05 bits per heavy atom. The number of nitro benzene ring substituents is 1. The van der Waals surface area contributed by atoms with Crippen LogP contribution in [0, 0.1) is 10.1 Å². The van der Waals surface area contributed by atoms with Crippen LogP contribution in [0.1, 0.15) is 0 Å². The third-order valence-corrected chi connectivity index (χ3v) is 3.47. The first kappa shape index (κ1) is 11.9. The number of rotatable bonds is 2. The largest absolute Gasteiger partial charge is 0.354 e. The Kier molecular flexibility index (Phi) is 2.83. The van der Waals surface area contributed by atoms with Gasteiger partial charge in [-0.3, -0.25) is 10.1 Å². The molecule has 1 aromatic heterocycles. The van der Waals surface area contributed by atoms with Crippen molar-refractivity contribution in [1.82, 2.24) is 4.98 Å². The molecule has 5 heteroatoms. The van der Waals surface area contributed by atoms with E-state index in [0.29, 0.717) is 0 Å². The van der Waals surface area contributed by atoms with E-state index in [4.69, 9.17) is 0 Å². The average molecular weight is 317 g/mol. The van der Waals surface area contributed by atoms with E-state index in [1.807, 2.05) is 24.3 Å². The predicted molar refractivity (Wildman–Crippen MR) is 78.1 cm³/mol. The molecule has 0 aliphatic heterocycles. The molecule has 0 amide bonds. The Labute approximate surface area is 117 Å². The Morgan fingerprint density at radius 2 is 1.79 bits per heavy atom. The van der Waals surface area contributed by atoms with Gasteiger partial charge in [0.25, 0.3) is 5.69 Å². The fraction of sp³-hybridized carbons (Fsp3) is 0. The molecule has 1 heterocycles. The van der Waals surface area contributed by atoms with E-state index in [1.54, 1.807) is 12.1 Å². The molecule has 3 aromatic rings. The van der Waals surface area contributed by atoms with Crippen molar-refractivity contribution in [3.8, 4) is 11.3 Å². The van der Waals surface area contributed by atoms with Gasteiger partial charge in [-0.05, 0) is 35.9 Å². The molecule has 0 bridgehead atoms. The maximum atomic E-state index is 10.6. The van der Waals surface area contributed by atoms with Gasteiger partial charge < -0.3 is 4.98 Å². The summed E-state index contributed by atoms with van der Waals surface area (Å²) >= 11 is 3.43. The van der Waals surface area contributed by atoms with E-state index in [9.17, 15) is 10.1 Å². The SMILES string of the molecule is O=[N+]([O-])c1ccc(-c2cc3ccc(Br)cc3[nH]2)cc1. The number of hydrogen-bond donors (Lipinski definition) is 1. The minimum absolute atomic E-state index is 0.0996. The molecule has 0 spiro atoms. The molecular weight excluding hydrogens is 308 g/mol. The number of nitro groups is 1. The maximum absolute atomic E-state index is 10.6. The smallest absolute Gasteiger partial charge is 0.269 e. The molecule has 94 valence electrons. The Hall–Kier alpha value is -2.14. The number of nitrogens with zero attached hydrogens (tertiary/aromatic N) is 1. The minimum Gasteiger partial charge on any atom is -0.354 e. The van der Waals surface area contributed by atoms with Crippen LogP contribution < -0.4 is 0 Å². The van der Waals surface area contributed by atoms with Crippen molar-refractivity contribution in [1.29, 1.82) is 0 Å². The quantitative estimate of drug-likeness (QED) is 0.558. The lowest BCUT2D eigenvalue weighted by atomic mass is 10.1. The van der Waals surface area contributed by atoms with Crippen molar-refractivity contribution in [3.63, 3.8) is 0 Å². The summed E-state index contributed by atoms with van der Waals surface area (Å²) in [6.45, 7) is 0. The van der Waals surface area contributed by atoms with Gasteiger partial charge in [0, 0.05) is 33.2 Å². The van der Waals surface area contributed by atoms with Crippen LogP contribution in [0.3, 0.4) is 0 Å². The summed E-state index contributed by atoms with van der Waals surface area (Å²) in [5, 5.41) is 11.7. The summed E-state index contributed by atoms with van der Waals surface area (Å²) in [5.74, 6) is 0. The van der Waals surface area contributed by atoms with Crippen molar-refractivity contribution >= 4 is 32.5 Å². The summed E-state index contributed by atoms with van der Waals surface area (Å²) in [7, 11) is 0. The summed E-state index contributed by atoms with van der Waals surface area (Å²) in [6, 6.07) is 14.6. The fourth-order valence-corrected chi connectivity index (χ4v) is 2.38. The second-order valence-corrected chi connectivity index (χ2v) is 5.13. The van der Waals surface area contributed by atoms with E-state index >= 15 is 0 Å². The third kappa shape index (κ3) is 2.24. The zero-order valence-electron chi connectivity index (χ0n) is 9.76. The molecule has 0 radical (unpaired) electrons. The molecule has 0 saturated heterocycles. The first-order valence-electron chi connectivity index (χ1n) is 5.66. The van der Waals surface area contributed by atoms with Crippen LogP contribution in [-0.2, 0) is 0 Å². The number of aromatic nitrogens is 1. The van der Waals surface area contributed by atoms with Gasteiger partial charge in [0.2, 0.25) is 0 Å². The van der Waals surface area contributed by atoms with Gasteiger partial charge in [-0.2, -0.15) is 0 Å². The van der Waals surface area contributed by atoms with Crippen molar-refractivity contribution in [2.75, 3.05) is 0 Å². The van der Waals surface area contributed by atoms with E-state index in [1.165, 1.54) is 12.1 Å². The van der Waals surface area contributed by atoms with Crippen molar-refractivity contribution in [2.24, 2.45) is 0 Å². The van der Waals surface area contributed by atoms with Crippen molar-refractivity contribution < 1.29 is 4.92 Å². The van der Waals surface area contributed by atoms with Gasteiger partial charge in [-0.25, -0.2) is 0 Å². The Bertz CT molecular complexity index is 763. The van der Waals surface area contributed by atoms with Gasteiger partial charge in [0.15, 0.2) is 0 Å². The number of H-pyrrole nitrogens is 1. The molecule has 0 aliphatic carbocycles. The van der Waals surface area contributed by atoms with Crippen molar-refractivity contribution in [3.05, 3.63) is 63.1 Å². The molecule has 0 saturated carbocycles. The van der Waals surface area contributed by atoms with Crippen LogP contribution in [0.5, 0.6) is 0 Å². The Morgan fingerprint density at radius 3 is 2.47 bits per heavy atom. The molecule has 2 aromatic carbocycles. The Balaban J connectivity index is 2.06. The lowest BCUT2D eigenvalue weighted by Gasteiger charge is -1.97. The van der Waals surface area contributed by atoms with Gasteiger partial charge in [0.1, 0.15) is 0 Å². The summed E-state index contributed by atoms with van der Waals surface area (Å²) < 4.78 is 1.01. The van der Waals surface area contributed by atoms with Gasteiger partial charge in [-0.15, -0.1) is 0 Å². The standard InChI is InChI=1S/C14H9BrN2O2/c15-11-4-1-10-7-13(16-14(10)8-11)9-2-5-12(6-3-9)17(18)19/h1-8,16H. The number of benzene rings is 2. The zero-order valence-corrected chi connectivity index (χ0v) is 11.3. The average Bonchev–Trinajstić information content (AvgIpc) is 2.81. The highest BCUT2D eigenvalue weighted by Gasteiger charge is 2.07. The highest BCUT2D eigenvalue weighted by Crippen LogP contribution is 2.27. The van der Waals surface area contributed by atoms with Crippen LogP contribution in [0.15, 0.2) is 53.0 Å². The topological polar surface area (TPSA) is 58.9 Å². The monoisotopic (exact) mass is 316 g/mol. The van der Waals surface area contributed by atoms with E-state index in [0.717, 1.165) is 26.6 Å². The molecule has 0 aliphatic rings. The molecule has 1 N–H and O–H groups in total. The summed E-state index contributed by atoms with van der Waals surface area (Å²) in [6.07, 6.45) is 0. The second kappa shape index (κ2) is 4.51. The number of halogens is 1. The van der Waals surface area contributed by atoms with Crippen LogP contribution >= 0.6 is 15.9 Å². The number of nitrogens with one attached hydrogen (secondary N) is 1. The molecule has 3 rings (SSSR count). The minimum atomic E-state index is -0.397. The first-order chi connectivity index (χ1) is 9.13. The van der Waals surface area contributed by atoms with Crippen LogP contribution in [-0.4, -0.2) is 9.91 Å². The third-order valence-electron chi connectivity index (χ3n) is 2.97. The number of fused-ring (bicyclic) bond motifs is 1. The molecule has 0 unspecified atom stereocenters. The van der Waals surface area contributed by atoms with Crippen LogP contribution in [0.2, 0.25) is 0 Å². The summed E-state index contributed by atoms with van der Waals surface area (Å²) in [4.78, 5) is 13.5. The number of non-ortho nitro benzene ring substituents is 1. The predicted octanol–water partition coefficient (Wildman–Crippen LogP) is 4.51. The molecule has 4 nitrogen and oxygen atoms in total. The molecule has 0 fully saturated rings. The van der Waals surface area contributed by atoms with Crippen molar-refractivity contribution in [2.45, 2.75) is 0 Å². The molecule has 19 heavy (non-hydrogen) atoms. The first-order valence-corrected chi connectivity index (χ1v) is 6.46. The maximum Gasteiger partial charge on any atom is 0.269 e. The van der Waals surface area contributed by atoms with E-state index in [2.05, 4.69) is 20.9 Å². The zero-order chi connectivity index (χ0) is 13.4. The molecule has 0 atom stereocenters. The van der Waals surface area contributed by atoms with Gasteiger partial charge >= 0.3 is 0 Å². The molecular formula is C14H9BrN2O2. The fourth-order valence-electron chi connectivity index (χ4n) is 2.02. The highest BCUT2D eigenvalue weighted by atomic mass is 79.9. The van der Waals surface area contributed by atoms with E-state index in [-0.39, 0.29) is 5.69 Å². The van der Waals surface area contributed by atoms with Crippen LogP contribution in [0.4, 0.5) is 5.69 Å². The lowest BCUT2D eigenvalue weighted by molar-refractivity contribution is -0.384. The van der Waals surface area contributed by atoms with Gasteiger partial charge in [-0.1, -0.05) is 22.0 Å². The summed E-state index contributed by atoms with van der Waals surface area (Å²) in [5.41, 5.74) is 3.01. The van der Waals surface area contributed by atoms with Gasteiger partial charge in [0.05, 0.1) is 4.92 Å². The van der Waals surface area contributed by atoms with E-state index < -0.39 is 4.92 Å². The number of hydrogen-bond acceptors (Lipinski definition) is 2. The normalized spacial score (nSPS) is 10.8. The lowest BCUT2D eigenvalue weighted by Crippen LogP contribution is -1.87. The second-order valence-electron chi connectivity index (χ2n) is 4.22.